The van der Waals surface area contributed by atoms with Gasteiger partial charge in [-0.3, -0.25) is 4.79 Å². The molecule has 30 heavy (non-hydrogen) atoms. The molecule has 2 aliphatic rings. The lowest BCUT2D eigenvalue weighted by molar-refractivity contribution is -0.918. The molecule has 2 aliphatic heterocycles. The highest BCUT2D eigenvalue weighted by molar-refractivity contribution is 5.77. The second kappa shape index (κ2) is 9.58. The standard InChI is InChI=1S/C24H31FN4O/c1-20-4-2-3-5-21(20)18-26-12-16-29(17-13-26)24(30)19-27-10-14-28(15-11-27)23-8-6-22(25)7-9-23/h2-9H,10-19H2,1H3/p+2. The first-order valence-corrected chi connectivity index (χ1v) is 11.1. The number of anilines is 1. The number of quaternary nitrogens is 2. The topological polar surface area (TPSA) is 32.4 Å². The number of halogens is 1. The van der Waals surface area contributed by atoms with Crippen LogP contribution in [-0.2, 0) is 11.3 Å². The quantitative estimate of drug-likeness (QED) is 0.711. The van der Waals surface area contributed by atoms with Gasteiger partial charge in [-0.15, -0.1) is 0 Å². The molecule has 5 nitrogen and oxygen atoms in total. The van der Waals surface area contributed by atoms with Crippen LogP contribution in [0.2, 0.25) is 0 Å². The molecule has 2 aromatic rings. The van der Waals surface area contributed by atoms with Gasteiger partial charge in [-0.25, -0.2) is 4.39 Å². The SMILES string of the molecule is Cc1ccccc1C[NH+]1CCN(C(=O)C[NH+]2CCN(c3ccc(F)cc3)CC2)CC1. The Balaban J connectivity index is 1.20. The Morgan fingerprint density at radius 2 is 1.53 bits per heavy atom. The van der Waals surface area contributed by atoms with Crippen molar-refractivity contribution in [2.75, 3.05) is 63.8 Å². The van der Waals surface area contributed by atoms with Crippen LogP contribution < -0.4 is 14.7 Å². The van der Waals surface area contributed by atoms with E-state index in [2.05, 4.69) is 41.0 Å². The van der Waals surface area contributed by atoms with E-state index >= 15 is 0 Å². The van der Waals surface area contributed by atoms with Crippen LogP contribution in [0.4, 0.5) is 10.1 Å². The first-order valence-electron chi connectivity index (χ1n) is 11.1. The number of carbonyl (C=O) groups excluding carboxylic acids is 1. The van der Waals surface area contributed by atoms with Gasteiger partial charge < -0.3 is 19.6 Å². The van der Waals surface area contributed by atoms with Gasteiger partial charge in [0.1, 0.15) is 12.4 Å². The fraction of sp³-hybridized carbons (Fsp3) is 0.458. The van der Waals surface area contributed by atoms with E-state index in [1.807, 2.05) is 12.1 Å². The van der Waals surface area contributed by atoms with Gasteiger partial charge in [-0.05, 0) is 36.8 Å². The zero-order valence-corrected chi connectivity index (χ0v) is 17.9. The van der Waals surface area contributed by atoms with Crippen molar-refractivity contribution in [3.63, 3.8) is 0 Å². The minimum atomic E-state index is -0.200. The van der Waals surface area contributed by atoms with Gasteiger partial charge in [0.05, 0.1) is 52.4 Å². The van der Waals surface area contributed by atoms with Crippen molar-refractivity contribution in [2.45, 2.75) is 13.5 Å². The highest BCUT2D eigenvalue weighted by Gasteiger charge is 2.28. The lowest BCUT2D eigenvalue weighted by Crippen LogP contribution is -3.16. The van der Waals surface area contributed by atoms with Gasteiger partial charge >= 0.3 is 0 Å². The summed E-state index contributed by atoms with van der Waals surface area (Å²) in [6.07, 6.45) is 0. The molecule has 2 heterocycles. The summed E-state index contributed by atoms with van der Waals surface area (Å²) in [7, 11) is 0. The number of piperazine rings is 2. The highest BCUT2D eigenvalue weighted by Crippen LogP contribution is 2.14. The van der Waals surface area contributed by atoms with Crippen LogP contribution >= 0.6 is 0 Å². The second-order valence-electron chi connectivity index (χ2n) is 8.62. The molecule has 0 saturated carbocycles. The summed E-state index contributed by atoms with van der Waals surface area (Å²) in [5.41, 5.74) is 3.83. The first-order chi connectivity index (χ1) is 14.6. The van der Waals surface area contributed by atoms with E-state index in [0.717, 1.165) is 64.6 Å². The molecule has 2 aromatic carbocycles. The predicted octanol–water partition coefficient (Wildman–Crippen LogP) is -0.234. The highest BCUT2D eigenvalue weighted by atomic mass is 19.1. The minimum absolute atomic E-state index is 0.200. The Morgan fingerprint density at radius 1 is 0.900 bits per heavy atom. The fourth-order valence-corrected chi connectivity index (χ4v) is 4.56. The number of hydrogen-bond donors (Lipinski definition) is 2. The third kappa shape index (κ3) is 5.18. The van der Waals surface area contributed by atoms with Crippen molar-refractivity contribution < 1.29 is 19.0 Å². The second-order valence-corrected chi connectivity index (χ2v) is 8.62. The number of nitrogens with zero attached hydrogens (tertiary/aromatic N) is 2. The van der Waals surface area contributed by atoms with Crippen LogP contribution in [0, 0.1) is 12.7 Å². The first kappa shape index (κ1) is 20.8. The maximum atomic E-state index is 13.1. The van der Waals surface area contributed by atoms with Gasteiger partial charge in [-0.2, -0.15) is 0 Å². The largest absolute Gasteiger partial charge is 0.360 e. The molecule has 0 bridgehead atoms. The Bertz CT molecular complexity index is 841. The average Bonchev–Trinajstić information content (AvgIpc) is 2.77. The van der Waals surface area contributed by atoms with Gasteiger partial charge in [0.15, 0.2) is 6.54 Å². The summed E-state index contributed by atoms with van der Waals surface area (Å²) in [4.78, 5) is 20.1. The number of amides is 1. The fourth-order valence-electron chi connectivity index (χ4n) is 4.56. The summed E-state index contributed by atoms with van der Waals surface area (Å²) < 4.78 is 13.1. The van der Waals surface area contributed by atoms with Crippen LogP contribution in [0.1, 0.15) is 11.1 Å². The molecule has 4 rings (SSSR count). The number of benzene rings is 2. The van der Waals surface area contributed by atoms with Crippen LogP contribution in [0.5, 0.6) is 0 Å². The Hall–Kier alpha value is -2.44. The number of carbonyl (C=O) groups is 1. The Morgan fingerprint density at radius 3 is 2.20 bits per heavy atom. The zero-order chi connectivity index (χ0) is 20.9. The molecular weight excluding hydrogens is 379 g/mol. The van der Waals surface area contributed by atoms with Crippen molar-refractivity contribution in [3.8, 4) is 0 Å². The molecule has 0 aromatic heterocycles. The van der Waals surface area contributed by atoms with Crippen LogP contribution in [0.3, 0.4) is 0 Å². The van der Waals surface area contributed by atoms with E-state index < -0.39 is 0 Å². The summed E-state index contributed by atoms with van der Waals surface area (Å²) in [5, 5.41) is 0. The molecule has 0 atom stereocenters. The maximum Gasteiger partial charge on any atom is 0.278 e. The molecule has 0 aliphatic carbocycles. The lowest BCUT2D eigenvalue weighted by atomic mass is 10.1. The summed E-state index contributed by atoms with van der Waals surface area (Å²) in [6.45, 7) is 11.3. The molecule has 0 radical (unpaired) electrons. The van der Waals surface area contributed by atoms with E-state index in [0.29, 0.717) is 6.54 Å². The number of aryl methyl sites for hydroxylation is 1. The Labute approximate surface area is 178 Å². The van der Waals surface area contributed by atoms with Crippen molar-refractivity contribution in [2.24, 2.45) is 0 Å². The van der Waals surface area contributed by atoms with E-state index in [4.69, 9.17) is 0 Å². The summed E-state index contributed by atoms with van der Waals surface area (Å²) >= 11 is 0. The van der Waals surface area contributed by atoms with E-state index in [1.54, 1.807) is 4.90 Å². The average molecular weight is 413 g/mol. The van der Waals surface area contributed by atoms with E-state index in [1.165, 1.54) is 28.2 Å². The normalized spacial score (nSPS) is 18.6. The zero-order valence-electron chi connectivity index (χ0n) is 17.9. The van der Waals surface area contributed by atoms with Gasteiger partial charge in [0.2, 0.25) is 0 Å². The number of hydrogen-bond acceptors (Lipinski definition) is 2. The summed E-state index contributed by atoms with van der Waals surface area (Å²) in [5.74, 6) is 0.0876. The predicted molar refractivity (Wildman–Crippen MR) is 116 cm³/mol. The van der Waals surface area contributed by atoms with E-state index in [-0.39, 0.29) is 11.7 Å². The third-order valence-electron chi connectivity index (χ3n) is 6.59. The third-order valence-corrected chi connectivity index (χ3v) is 6.59. The van der Waals surface area contributed by atoms with Crippen molar-refractivity contribution in [1.29, 1.82) is 0 Å². The van der Waals surface area contributed by atoms with Crippen LogP contribution in [-0.4, -0.2) is 69.7 Å². The summed E-state index contributed by atoms with van der Waals surface area (Å²) in [6, 6.07) is 15.3. The monoisotopic (exact) mass is 412 g/mol. The number of rotatable bonds is 5. The molecule has 2 N–H and O–H groups in total. The lowest BCUT2D eigenvalue weighted by Gasteiger charge is -2.36. The van der Waals surface area contributed by atoms with Crippen molar-refractivity contribution in [1.82, 2.24) is 4.90 Å². The van der Waals surface area contributed by atoms with Gasteiger partial charge in [0.25, 0.3) is 5.91 Å². The molecule has 0 unspecified atom stereocenters. The van der Waals surface area contributed by atoms with Gasteiger partial charge in [0, 0.05) is 11.3 Å². The van der Waals surface area contributed by atoms with Crippen LogP contribution in [0.15, 0.2) is 48.5 Å². The molecule has 2 saturated heterocycles. The molecule has 0 spiro atoms. The maximum absolute atomic E-state index is 13.1. The molecule has 2 fully saturated rings. The molecular formula is C24H33FN4O+2. The van der Waals surface area contributed by atoms with E-state index in [9.17, 15) is 9.18 Å². The molecule has 6 heteroatoms. The van der Waals surface area contributed by atoms with Crippen molar-refractivity contribution in [3.05, 3.63) is 65.5 Å². The molecule has 1 amide bonds. The Kier molecular flexibility index (Phi) is 6.65. The number of nitrogens with one attached hydrogen (secondary N) is 2. The van der Waals surface area contributed by atoms with Crippen LogP contribution in [0.25, 0.3) is 0 Å². The molecule has 160 valence electrons. The van der Waals surface area contributed by atoms with Crippen molar-refractivity contribution >= 4 is 11.6 Å². The smallest absolute Gasteiger partial charge is 0.278 e. The minimum Gasteiger partial charge on any atom is -0.360 e. The van der Waals surface area contributed by atoms with Gasteiger partial charge in [-0.1, -0.05) is 24.3 Å².